The average Bonchev–Trinajstić information content (AvgIpc) is 2.87. The molecule has 0 radical (unpaired) electrons. The number of aromatic nitrogens is 3. The lowest BCUT2D eigenvalue weighted by molar-refractivity contribution is 1.13. The van der Waals surface area contributed by atoms with E-state index in [2.05, 4.69) is 28.3 Å². The smallest absolute Gasteiger partial charge is 0.236 e. The quantitative estimate of drug-likeness (QED) is 0.602. The number of nitrogens with zero attached hydrogens (tertiary/aromatic N) is 3. The minimum absolute atomic E-state index is 0.704. The lowest BCUT2D eigenvalue weighted by atomic mass is 10.2. The van der Waals surface area contributed by atoms with E-state index >= 15 is 0 Å². The number of rotatable bonds is 2. The van der Waals surface area contributed by atoms with Gasteiger partial charge in [-0.25, -0.2) is 4.98 Å². The maximum absolute atomic E-state index is 4.59. The van der Waals surface area contributed by atoms with Gasteiger partial charge in [0.15, 0.2) is 0 Å². The minimum Gasteiger partial charge on any atom is -0.340 e. The predicted molar refractivity (Wildman–Crippen MR) is 85.0 cm³/mol. The zero-order valence-corrected chi connectivity index (χ0v) is 11.6. The van der Waals surface area contributed by atoms with Gasteiger partial charge < -0.3 is 5.32 Å². The first-order valence-corrected chi connectivity index (χ1v) is 6.88. The standard InChI is InChI=1S/C17H14N4/c1-12-6-2-3-7-13(12)18-16-10-11-21-15-9-5-4-8-14(15)19-17(21)20-16/h2-11H,1H3,(H,18,19,20). The van der Waals surface area contributed by atoms with E-state index in [-0.39, 0.29) is 0 Å². The van der Waals surface area contributed by atoms with E-state index < -0.39 is 0 Å². The van der Waals surface area contributed by atoms with Crippen LogP contribution >= 0.6 is 0 Å². The molecule has 4 heteroatoms. The fraction of sp³-hybridized carbons (Fsp3) is 0.0588. The van der Waals surface area contributed by atoms with Crippen LogP contribution < -0.4 is 5.32 Å². The molecule has 0 aliphatic heterocycles. The third-order valence-corrected chi connectivity index (χ3v) is 3.59. The molecule has 0 spiro atoms. The molecule has 2 aromatic heterocycles. The van der Waals surface area contributed by atoms with E-state index in [1.807, 2.05) is 59.1 Å². The van der Waals surface area contributed by atoms with Crippen LogP contribution in [0.1, 0.15) is 5.56 Å². The zero-order chi connectivity index (χ0) is 14.2. The van der Waals surface area contributed by atoms with Crippen LogP contribution in [0.3, 0.4) is 0 Å². The van der Waals surface area contributed by atoms with Gasteiger partial charge in [-0.3, -0.25) is 4.40 Å². The molecule has 0 bridgehead atoms. The second kappa shape index (κ2) is 4.59. The van der Waals surface area contributed by atoms with Crippen molar-refractivity contribution in [2.75, 3.05) is 5.32 Å². The average molecular weight is 274 g/mol. The third-order valence-electron chi connectivity index (χ3n) is 3.59. The van der Waals surface area contributed by atoms with E-state index in [4.69, 9.17) is 0 Å². The van der Waals surface area contributed by atoms with E-state index in [1.165, 1.54) is 5.56 Å². The Morgan fingerprint density at radius 1 is 0.905 bits per heavy atom. The van der Waals surface area contributed by atoms with Crippen LogP contribution in [0.4, 0.5) is 11.5 Å². The number of aryl methyl sites for hydroxylation is 1. The van der Waals surface area contributed by atoms with Crippen molar-refractivity contribution in [3.8, 4) is 0 Å². The first-order valence-electron chi connectivity index (χ1n) is 6.88. The molecule has 1 N–H and O–H groups in total. The van der Waals surface area contributed by atoms with Crippen molar-refractivity contribution >= 4 is 28.3 Å². The summed E-state index contributed by atoms with van der Waals surface area (Å²) in [5.41, 5.74) is 4.28. The summed E-state index contributed by atoms with van der Waals surface area (Å²) in [7, 11) is 0. The molecule has 0 aliphatic carbocycles. The third kappa shape index (κ3) is 2.01. The van der Waals surface area contributed by atoms with Gasteiger partial charge in [-0.05, 0) is 36.8 Å². The molecule has 0 saturated carbocycles. The summed E-state index contributed by atoms with van der Waals surface area (Å²) in [5, 5.41) is 3.34. The molecular weight excluding hydrogens is 260 g/mol. The maximum atomic E-state index is 4.59. The van der Waals surface area contributed by atoms with Gasteiger partial charge in [0.1, 0.15) is 5.82 Å². The topological polar surface area (TPSA) is 42.2 Å². The van der Waals surface area contributed by atoms with Crippen LogP contribution in [0.25, 0.3) is 16.8 Å². The summed E-state index contributed by atoms with van der Waals surface area (Å²) < 4.78 is 2.00. The molecule has 0 saturated heterocycles. The molecule has 21 heavy (non-hydrogen) atoms. The van der Waals surface area contributed by atoms with Gasteiger partial charge in [-0.2, -0.15) is 4.98 Å². The maximum Gasteiger partial charge on any atom is 0.236 e. The van der Waals surface area contributed by atoms with Gasteiger partial charge in [0, 0.05) is 11.9 Å². The van der Waals surface area contributed by atoms with Crippen LogP contribution in [-0.2, 0) is 0 Å². The Hall–Kier alpha value is -2.88. The first-order chi connectivity index (χ1) is 10.3. The molecule has 0 aliphatic rings. The van der Waals surface area contributed by atoms with Crippen LogP contribution in [0.2, 0.25) is 0 Å². The van der Waals surface area contributed by atoms with Crippen molar-refractivity contribution < 1.29 is 0 Å². The Kier molecular flexibility index (Phi) is 2.60. The lowest BCUT2D eigenvalue weighted by Gasteiger charge is -2.08. The number of hydrogen-bond donors (Lipinski definition) is 1. The Morgan fingerprint density at radius 3 is 2.62 bits per heavy atom. The van der Waals surface area contributed by atoms with Gasteiger partial charge >= 0.3 is 0 Å². The molecule has 0 fully saturated rings. The van der Waals surface area contributed by atoms with Crippen LogP contribution in [0.5, 0.6) is 0 Å². The monoisotopic (exact) mass is 274 g/mol. The summed E-state index contributed by atoms with van der Waals surface area (Å²) >= 11 is 0. The Labute approximate surface area is 122 Å². The lowest BCUT2D eigenvalue weighted by Crippen LogP contribution is -1.97. The Morgan fingerprint density at radius 2 is 1.71 bits per heavy atom. The van der Waals surface area contributed by atoms with Gasteiger partial charge in [-0.15, -0.1) is 0 Å². The number of fused-ring (bicyclic) bond motifs is 3. The molecule has 2 aromatic carbocycles. The minimum atomic E-state index is 0.704. The summed E-state index contributed by atoms with van der Waals surface area (Å²) in [6.07, 6.45) is 2.00. The van der Waals surface area contributed by atoms with Crippen molar-refractivity contribution in [1.29, 1.82) is 0 Å². The zero-order valence-electron chi connectivity index (χ0n) is 11.6. The summed E-state index contributed by atoms with van der Waals surface area (Å²) in [4.78, 5) is 9.14. The van der Waals surface area contributed by atoms with Crippen LogP contribution in [0, 0.1) is 6.92 Å². The Bertz CT molecular complexity index is 940. The number of para-hydroxylation sites is 3. The van der Waals surface area contributed by atoms with Crippen molar-refractivity contribution in [1.82, 2.24) is 14.4 Å². The molecule has 2 heterocycles. The van der Waals surface area contributed by atoms with Crippen LogP contribution in [0.15, 0.2) is 60.8 Å². The number of benzene rings is 2. The fourth-order valence-electron chi connectivity index (χ4n) is 2.47. The number of hydrogen-bond acceptors (Lipinski definition) is 3. The van der Waals surface area contributed by atoms with E-state index in [9.17, 15) is 0 Å². The van der Waals surface area contributed by atoms with Gasteiger partial charge in [0.25, 0.3) is 0 Å². The summed E-state index contributed by atoms with van der Waals surface area (Å²) in [6.45, 7) is 2.07. The molecule has 102 valence electrons. The van der Waals surface area contributed by atoms with Crippen molar-refractivity contribution in [2.24, 2.45) is 0 Å². The Balaban J connectivity index is 1.80. The number of anilines is 2. The second-order valence-electron chi connectivity index (χ2n) is 5.02. The van der Waals surface area contributed by atoms with Crippen molar-refractivity contribution in [3.05, 3.63) is 66.4 Å². The van der Waals surface area contributed by atoms with Crippen LogP contribution in [-0.4, -0.2) is 14.4 Å². The van der Waals surface area contributed by atoms with Crippen molar-refractivity contribution in [2.45, 2.75) is 6.92 Å². The summed E-state index contributed by atoms with van der Waals surface area (Å²) in [6, 6.07) is 18.2. The molecule has 0 amide bonds. The molecule has 0 unspecified atom stereocenters. The molecule has 4 aromatic rings. The van der Waals surface area contributed by atoms with E-state index in [0.717, 1.165) is 22.5 Å². The SMILES string of the molecule is Cc1ccccc1Nc1ccn2c(n1)nc1ccccc12. The highest BCUT2D eigenvalue weighted by molar-refractivity contribution is 5.79. The highest BCUT2D eigenvalue weighted by Gasteiger charge is 2.06. The van der Waals surface area contributed by atoms with Gasteiger partial charge in [0.05, 0.1) is 11.0 Å². The van der Waals surface area contributed by atoms with Gasteiger partial charge in [0.2, 0.25) is 5.78 Å². The normalized spacial score (nSPS) is 11.1. The van der Waals surface area contributed by atoms with Crippen molar-refractivity contribution in [3.63, 3.8) is 0 Å². The predicted octanol–water partition coefficient (Wildman–Crippen LogP) is 3.93. The highest BCUT2D eigenvalue weighted by atomic mass is 15.1. The molecule has 4 rings (SSSR count). The second-order valence-corrected chi connectivity index (χ2v) is 5.02. The van der Waals surface area contributed by atoms with E-state index in [1.54, 1.807) is 0 Å². The number of nitrogens with one attached hydrogen (secondary N) is 1. The van der Waals surface area contributed by atoms with Gasteiger partial charge in [-0.1, -0.05) is 30.3 Å². The fourth-order valence-corrected chi connectivity index (χ4v) is 2.47. The largest absolute Gasteiger partial charge is 0.340 e. The number of imidazole rings is 1. The molecule has 0 atom stereocenters. The first kappa shape index (κ1) is 11.9. The molecule has 4 nitrogen and oxygen atoms in total. The van der Waals surface area contributed by atoms with E-state index in [0.29, 0.717) is 5.78 Å². The summed E-state index contributed by atoms with van der Waals surface area (Å²) in [5.74, 6) is 1.50. The highest BCUT2D eigenvalue weighted by Crippen LogP contribution is 2.20. The molecular formula is C17H14N4.